The van der Waals surface area contributed by atoms with Gasteiger partial charge in [0.15, 0.2) is 11.5 Å². The van der Waals surface area contributed by atoms with Gasteiger partial charge in [-0.3, -0.25) is 14.5 Å². The fraction of sp³-hybridized carbons (Fsp3) is 0.500. The molecule has 0 saturated carbocycles. The first-order chi connectivity index (χ1) is 13.0. The molecule has 1 saturated heterocycles. The van der Waals surface area contributed by atoms with Gasteiger partial charge in [-0.25, -0.2) is 0 Å². The lowest BCUT2D eigenvalue weighted by Gasteiger charge is -2.30. The first-order valence-electron chi connectivity index (χ1n) is 9.22. The van der Waals surface area contributed by atoms with Crippen LogP contribution in [0.15, 0.2) is 35.6 Å². The summed E-state index contributed by atoms with van der Waals surface area (Å²) in [6.07, 6.45) is 0.761. The Morgan fingerprint density at radius 1 is 1.22 bits per heavy atom. The maximum atomic E-state index is 12.6. The minimum absolute atomic E-state index is 0.163. The summed E-state index contributed by atoms with van der Waals surface area (Å²) in [6.45, 7) is 5.93. The Balaban J connectivity index is 1.77. The lowest BCUT2D eigenvalue weighted by Crippen LogP contribution is -2.39. The zero-order chi connectivity index (χ0) is 19.4. The Morgan fingerprint density at radius 2 is 1.89 bits per heavy atom. The van der Waals surface area contributed by atoms with E-state index in [9.17, 15) is 14.7 Å². The summed E-state index contributed by atoms with van der Waals surface area (Å²) < 4.78 is 10.5. The molecule has 1 aromatic rings. The van der Waals surface area contributed by atoms with Gasteiger partial charge >= 0.3 is 0 Å². The van der Waals surface area contributed by atoms with Crippen molar-refractivity contribution in [3.05, 3.63) is 41.2 Å². The van der Waals surface area contributed by atoms with Gasteiger partial charge in [0.1, 0.15) is 5.75 Å². The Hall–Kier alpha value is -2.38. The molecule has 1 amide bonds. The SMILES string of the molecule is COc1ccc(C2C(C(C)=O)=C(O)C(=O)N2CCCN2CCOCC2)cc1. The van der Waals surface area contributed by atoms with Crippen molar-refractivity contribution in [2.45, 2.75) is 19.4 Å². The molecule has 7 heteroatoms. The van der Waals surface area contributed by atoms with Gasteiger partial charge < -0.3 is 19.5 Å². The molecule has 0 aliphatic carbocycles. The van der Waals surface area contributed by atoms with Crippen LogP contribution in [0.1, 0.15) is 24.9 Å². The van der Waals surface area contributed by atoms with E-state index in [2.05, 4.69) is 4.90 Å². The van der Waals surface area contributed by atoms with Crippen LogP contribution in [-0.2, 0) is 14.3 Å². The summed E-state index contributed by atoms with van der Waals surface area (Å²) in [7, 11) is 1.58. The third-order valence-corrected chi connectivity index (χ3v) is 5.09. The number of amides is 1. The summed E-state index contributed by atoms with van der Waals surface area (Å²) in [5.41, 5.74) is 0.946. The summed E-state index contributed by atoms with van der Waals surface area (Å²) in [5, 5.41) is 10.3. The smallest absolute Gasteiger partial charge is 0.290 e. The van der Waals surface area contributed by atoms with E-state index < -0.39 is 17.7 Å². The number of morpholine rings is 1. The van der Waals surface area contributed by atoms with Gasteiger partial charge in [0.25, 0.3) is 5.91 Å². The highest BCUT2D eigenvalue weighted by Crippen LogP contribution is 2.38. The number of Topliss-reactive ketones (excluding diaryl/α,β-unsaturated/α-hetero) is 1. The number of carbonyl (C=O) groups is 2. The molecule has 1 N–H and O–H groups in total. The second-order valence-electron chi connectivity index (χ2n) is 6.80. The van der Waals surface area contributed by atoms with Crippen LogP contribution in [0.2, 0.25) is 0 Å². The Morgan fingerprint density at radius 3 is 2.48 bits per heavy atom. The van der Waals surface area contributed by atoms with Crippen molar-refractivity contribution >= 4 is 11.7 Å². The number of ketones is 1. The largest absolute Gasteiger partial charge is 0.503 e. The van der Waals surface area contributed by atoms with Crippen molar-refractivity contribution in [3.63, 3.8) is 0 Å². The Kier molecular flexibility index (Phi) is 6.13. The van der Waals surface area contributed by atoms with Gasteiger partial charge in [0.05, 0.1) is 31.9 Å². The average Bonchev–Trinajstić information content (AvgIpc) is 2.94. The number of rotatable bonds is 7. The highest BCUT2D eigenvalue weighted by atomic mass is 16.5. The zero-order valence-electron chi connectivity index (χ0n) is 15.8. The first-order valence-corrected chi connectivity index (χ1v) is 9.22. The number of hydrogen-bond donors (Lipinski definition) is 1. The molecule has 2 aliphatic rings. The maximum absolute atomic E-state index is 12.6. The van der Waals surface area contributed by atoms with Crippen molar-refractivity contribution in [2.24, 2.45) is 0 Å². The summed E-state index contributed by atoms with van der Waals surface area (Å²) in [5.74, 6) is -0.519. The third-order valence-electron chi connectivity index (χ3n) is 5.09. The summed E-state index contributed by atoms with van der Waals surface area (Å²) >= 11 is 0. The molecule has 1 aromatic carbocycles. The summed E-state index contributed by atoms with van der Waals surface area (Å²) in [6, 6.07) is 6.67. The van der Waals surface area contributed by atoms with Gasteiger partial charge in [0, 0.05) is 26.2 Å². The minimum Gasteiger partial charge on any atom is -0.503 e. The molecule has 1 fully saturated rings. The molecular formula is C20H26N2O5. The van der Waals surface area contributed by atoms with Crippen molar-refractivity contribution < 1.29 is 24.2 Å². The quantitative estimate of drug-likeness (QED) is 0.783. The van der Waals surface area contributed by atoms with Crippen molar-refractivity contribution in [1.82, 2.24) is 9.80 Å². The molecule has 0 aromatic heterocycles. The van der Waals surface area contributed by atoms with E-state index in [1.165, 1.54) is 6.92 Å². The molecule has 2 aliphatic heterocycles. The van der Waals surface area contributed by atoms with Crippen LogP contribution in [0.5, 0.6) is 5.75 Å². The van der Waals surface area contributed by atoms with Gasteiger partial charge in [-0.2, -0.15) is 0 Å². The predicted octanol–water partition coefficient (Wildman–Crippen LogP) is 1.70. The van der Waals surface area contributed by atoms with Crippen LogP contribution in [0, 0.1) is 0 Å². The minimum atomic E-state index is -0.564. The van der Waals surface area contributed by atoms with Crippen LogP contribution < -0.4 is 4.74 Å². The van der Waals surface area contributed by atoms with Crippen molar-refractivity contribution in [2.75, 3.05) is 46.5 Å². The average molecular weight is 374 g/mol. The Bertz CT molecular complexity index is 722. The van der Waals surface area contributed by atoms with Crippen LogP contribution in [-0.4, -0.2) is 73.1 Å². The van der Waals surface area contributed by atoms with Gasteiger partial charge in [-0.15, -0.1) is 0 Å². The maximum Gasteiger partial charge on any atom is 0.290 e. The van der Waals surface area contributed by atoms with Gasteiger partial charge in [0.2, 0.25) is 0 Å². The third kappa shape index (κ3) is 4.14. The van der Waals surface area contributed by atoms with Crippen LogP contribution in [0.3, 0.4) is 0 Å². The zero-order valence-corrected chi connectivity index (χ0v) is 15.8. The summed E-state index contributed by atoms with van der Waals surface area (Å²) in [4.78, 5) is 28.6. The van der Waals surface area contributed by atoms with Crippen LogP contribution in [0.25, 0.3) is 0 Å². The topological polar surface area (TPSA) is 79.3 Å². The number of aliphatic hydroxyl groups is 1. The lowest BCUT2D eigenvalue weighted by atomic mass is 9.96. The predicted molar refractivity (Wildman–Crippen MR) is 99.7 cm³/mol. The number of nitrogens with zero attached hydrogens (tertiary/aromatic N) is 2. The normalized spacial score (nSPS) is 21.0. The van der Waals surface area contributed by atoms with Crippen molar-refractivity contribution in [3.8, 4) is 5.75 Å². The molecule has 3 rings (SSSR count). The fourth-order valence-electron chi connectivity index (χ4n) is 3.67. The number of carbonyl (C=O) groups excluding carboxylic acids is 2. The van der Waals surface area contributed by atoms with E-state index in [0.717, 1.165) is 44.8 Å². The second kappa shape index (κ2) is 8.54. The molecule has 2 heterocycles. The Labute approximate surface area is 159 Å². The first kappa shape index (κ1) is 19.4. The van der Waals surface area contributed by atoms with E-state index >= 15 is 0 Å². The van der Waals surface area contributed by atoms with E-state index in [0.29, 0.717) is 12.3 Å². The molecule has 7 nitrogen and oxygen atoms in total. The number of methoxy groups -OCH3 is 1. The molecule has 146 valence electrons. The van der Waals surface area contributed by atoms with E-state index in [1.807, 2.05) is 12.1 Å². The molecule has 0 bridgehead atoms. The van der Waals surface area contributed by atoms with Gasteiger partial charge in [-0.1, -0.05) is 12.1 Å². The number of hydrogen-bond acceptors (Lipinski definition) is 6. The second-order valence-corrected chi connectivity index (χ2v) is 6.80. The van der Waals surface area contributed by atoms with E-state index in [4.69, 9.17) is 9.47 Å². The highest BCUT2D eigenvalue weighted by molar-refractivity contribution is 6.08. The van der Waals surface area contributed by atoms with Crippen LogP contribution in [0.4, 0.5) is 0 Å². The van der Waals surface area contributed by atoms with Gasteiger partial charge in [-0.05, 0) is 31.0 Å². The standard InChI is InChI=1S/C20H26N2O5/c1-14(23)17-18(15-4-6-16(26-2)7-5-15)22(20(25)19(17)24)9-3-8-21-10-12-27-13-11-21/h4-7,18,24H,3,8-13H2,1-2H3. The molecular weight excluding hydrogens is 348 g/mol. The molecule has 0 radical (unpaired) electrons. The molecule has 0 spiro atoms. The molecule has 27 heavy (non-hydrogen) atoms. The number of benzene rings is 1. The van der Waals surface area contributed by atoms with Crippen molar-refractivity contribution in [1.29, 1.82) is 0 Å². The molecule has 1 atom stereocenters. The monoisotopic (exact) mass is 374 g/mol. The number of ether oxygens (including phenoxy) is 2. The highest BCUT2D eigenvalue weighted by Gasteiger charge is 2.42. The lowest BCUT2D eigenvalue weighted by molar-refractivity contribution is -0.129. The van der Waals surface area contributed by atoms with E-state index in [-0.39, 0.29) is 11.4 Å². The number of aliphatic hydroxyl groups excluding tert-OH is 1. The fourth-order valence-corrected chi connectivity index (χ4v) is 3.67. The van der Waals surface area contributed by atoms with E-state index in [1.54, 1.807) is 24.1 Å². The molecule has 1 unspecified atom stereocenters. The van der Waals surface area contributed by atoms with Crippen LogP contribution >= 0.6 is 0 Å².